The summed E-state index contributed by atoms with van der Waals surface area (Å²) in [6.07, 6.45) is 2.40. The zero-order valence-corrected chi connectivity index (χ0v) is 23.7. The third kappa shape index (κ3) is 5.70. The minimum absolute atomic E-state index is 0.214. The Bertz CT molecular complexity index is 1580. The van der Waals surface area contributed by atoms with Gasteiger partial charge in [-0.1, -0.05) is 18.2 Å². The van der Waals surface area contributed by atoms with Gasteiger partial charge in [-0.05, 0) is 67.3 Å². The van der Waals surface area contributed by atoms with Crippen LogP contribution in [-0.2, 0) is 22.7 Å². The highest BCUT2D eigenvalue weighted by Crippen LogP contribution is 2.35. The van der Waals surface area contributed by atoms with Crippen LogP contribution in [0.25, 0.3) is 0 Å². The van der Waals surface area contributed by atoms with Gasteiger partial charge in [0.2, 0.25) is 11.8 Å². The molecule has 3 aromatic rings. The molecular weight excluding hydrogens is 555 g/mol. The number of piperidine rings is 2. The fraction of sp³-hybridized carbons (Fsp3) is 0.312. The maximum atomic E-state index is 14.4. The Hall–Kier alpha value is -4.36. The van der Waals surface area contributed by atoms with Crippen molar-refractivity contribution in [2.75, 3.05) is 18.0 Å². The molecule has 1 N–H and O–H groups in total. The van der Waals surface area contributed by atoms with E-state index in [1.165, 1.54) is 11.0 Å². The summed E-state index contributed by atoms with van der Waals surface area (Å²) in [5.74, 6) is -0.704. The van der Waals surface area contributed by atoms with Crippen LogP contribution in [0.1, 0.15) is 52.7 Å². The molecule has 0 unspecified atom stereocenters. The molecule has 2 fully saturated rings. The van der Waals surface area contributed by atoms with E-state index in [0.29, 0.717) is 40.8 Å². The quantitative estimate of drug-likeness (QED) is 0.398. The Balaban J connectivity index is 1.02. The van der Waals surface area contributed by atoms with Crippen LogP contribution >= 0.6 is 11.8 Å². The molecule has 0 bridgehead atoms. The van der Waals surface area contributed by atoms with Crippen molar-refractivity contribution in [1.82, 2.24) is 10.2 Å². The lowest BCUT2D eigenvalue weighted by molar-refractivity contribution is -0.136. The van der Waals surface area contributed by atoms with Crippen LogP contribution in [0, 0.1) is 17.1 Å². The van der Waals surface area contributed by atoms with Gasteiger partial charge in [0.05, 0.1) is 23.9 Å². The lowest BCUT2D eigenvalue weighted by Gasteiger charge is -2.33. The third-order valence-corrected chi connectivity index (χ3v) is 9.37. The lowest BCUT2D eigenvalue weighted by atomic mass is 10.0. The first-order chi connectivity index (χ1) is 20.4. The maximum Gasteiger partial charge on any atom is 0.255 e. The number of carbonyl (C=O) groups excluding carboxylic acids is 3. The van der Waals surface area contributed by atoms with Crippen molar-refractivity contribution >= 4 is 35.2 Å². The number of fused-ring (bicyclic) bond motifs is 1. The largest absolute Gasteiger partial charge is 0.489 e. The second-order valence-corrected chi connectivity index (χ2v) is 12.1. The number of anilines is 1. The molecule has 10 heteroatoms. The number of carbonyl (C=O) groups is 3. The summed E-state index contributed by atoms with van der Waals surface area (Å²) >= 11 is 1.82. The smallest absolute Gasteiger partial charge is 0.255 e. The number of nitrogens with one attached hydrogen (secondary N) is 1. The van der Waals surface area contributed by atoms with Gasteiger partial charge in [-0.15, -0.1) is 11.8 Å². The average Bonchev–Trinajstić information content (AvgIpc) is 3.33. The molecule has 42 heavy (non-hydrogen) atoms. The number of thioether (sulfide) groups is 1. The summed E-state index contributed by atoms with van der Waals surface area (Å²) in [4.78, 5) is 41.7. The Morgan fingerprint density at radius 2 is 1.81 bits per heavy atom. The first-order valence-corrected chi connectivity index (χ1v) is 14.9. The predicted octanol–water partition coefficient (Wildman–Crippen LogP) is 4.80. The number of nitrogens with zero attached hydrogens (tertiary/aromatic N) is 3. The van der Waals surface area contributed by atoms with Crippen molar-refractivity contribution < 1.29 is 23.5 Å². The number of ether oxygens (including phenoxy) is 1. The molecule has 3 heterocycles. The summed E-state index contributed by atoms with van der Waals surface area (Å²) in [5.41, 5.74) is 3.16. The lowest BCUT2D eigenvalue weighted by Crippen LogP contribution is -2.52. The van der Waals surface area contributed by atoms with Crippen LogP contribution in [0.5, 0.6) is 5.75 Å². The van der Waals surface area contributed by atoms with Gasteiger partial charge < -0.3 is 14.5 Å². The predicted molar refractivity (Wildman–Crippen MR) is 155 cm³/mol. The van der Waals surface area contributed by atoms with Crippen molar-refractivity contribution in [2.24, 2.45) is 0 Å². The Morgan fingerprint density at radius 3 is 2.52 bits per heavy atom. The summed E-state index contributed by atoms with van der Waals surface area (Å²) in [7, 11) is 0. The van der Waals surface area contributed by atoms with Crippen molar-refractivity contribution in [3.05, 3.63) is 88.7 Å². The minimum Gasteiger partial charge on any atom is -0.489 e. The Labute approximate surface area is 247 Å². The molecule has 0 spiro atoms. The summed E-state index contributed by atoms with van der Waals surface area (Å²) in [6.45, 7) is 2.12. The molecular formula is C32H29FN4O4S. The van der Waals surface area contributed by atoms with E-state index in [1.807, 2.05) is 40.9 Å². The standard InChI is InChI=1S/C32H29FN4O4S/c33-26-16-21(17-34)6-9-27(26)36-14-12-23(13-15-36)42-22-7-4-20(5-8-22)19-41-29-3-1-2-24-25(29)18-37(32(24)40)28-10-11-30(38)35-31(28)39/h1-9,16,23,28H,10-15,18-19H2,(H,35,38,39)/t28-/m1/s1. The van der Waals surface area contributed by atoms with Crippen molar-refractivity contribution in [3.8, 4) is 11.8 Å². The summed E-state index contributed by atoms with van der Waals surface area (Å²) < 4.78 is 20.6. The fourth-order valence-electron chi connectivity index (χ4n) is 5.76. The molecule has 0 aromatic heterocycles. The van der Waals surface area contributed by atoms with Gasteiger partial charge in [-0.3, -0.25) is 19.7 Å². The molecule has 3 amide bonds. The molecule has 0 saturated carbocycles. The van der Waals surface area contributed by atoms with E-state index in [2.05, 4.69) is 17.4 Å². The van der Waals surface area contributed by atoms with Crippen LogP contribution in [-0.4, -0.2) is 47.0 Å². The molecule has 8 nitrogen and oxygen atoms in total. The number of hydrogen-bond donors (Lipinski definition) is 1. The fourth-order valence-corrected chi connectivity index (χ4v) is 6.88. The number of benzene rings is 3. The SMILES string of the molecule is N#Cc1ccc(N2CCC(Sc3ccc(COc4cccc5c4CN([C@@H]4CCC(=O)NC4=O)C5=O)cc3)CC2)c(F)c1. The van der Waals surface area contributed by atoms with Gasteiger partial charge in [0.15, 0.2) is 0 Å². The van der Waals surface area contributed by atoms with Gasteiger partial charge in [-0.25, -0.2) is 4.39 Å². The first-order valence-electron chi connectivity index (χ1n) is 14.0. The van der Waals surface area contributed by atoms with E-state index < -0.39 is 11.9 Å². The van der Waals surface area contributed by atoms with E-state index in [-0.39, 0.29) is 30.6 Å². The highest BCUT2D eigenvalue weighted by atomic mass is 32.2. The van der Waals surface area contributed by atoms with Gasteiger partial charge in [0, 0.05) is 40.8 Å². The van der Waals surface area contributed by atoms with Gasteiger partial charge >= 0.3 is 0 Å². The average molecular weight is 585 g/mol. The van der Waals surface area contributed by atoms with Gasteiger partial charge in [0.1, 0.15) is 24.2 Å². The van der Waals surface area contributed by atoms with Crippen LogP contribution in [0.2, 0.25) is 0 Å². The molecule has 2 saturated heterocycles. The number of amides is 3. The second-order valence-electron chi connectivity index (χ2n) is 10.7. The number of halogens is 1. The zero-order chi connectivity index (χ0) is 29.2. The Morgan fingerprint density at radius 1 is 1.02 bits per heavy atom. The van der Waals surface area contributed by atoms with Gasteiger partial charge in [-0.2, -0.15) is 5.26 Å². The third-order valence-electron chi connectivity index (χ3n) is 8.02. The Kier molecular flexibility index (Phi) is 7.85. The van der Waals surface area contributed by atoms with E-state index in [0.717, 1.165) is 42.0 Å². The molecule has 6 rings (SSSR count). The molecule has 0 aliphatic carbocycles. The van der Waals surface area contributed by atoms with Crippen LogP contribution in [0.15, 0.2) is 65.6 Å². The summed E-state index contributed by atoms with van der Waals surface area (Å²) in [6, 6.07) is 19.5. The van der Waals surface area contributed by atoms with Crippen LogP contribution in [0.3, 0.4) is 0 Å². The molecule has 3 aromatic carbocycles. The highest BCUT2D eigenvalue weighted by Gasteiger charge is 2.40. The van der Waals surface area contributed by atoms with Crippen molar-refractivity contribution in [3.63, 3.8) is 0 Å². The van der Waals surface area contributed by atoms with Gasteiger partial charge in [0.25, 0.3) is 5.91 Å². The van der Waals surface area contributed by atoms with Crippen molar-refractivity contribution in [1.29, 1.82) is 5.26 Å². The molecule has 3 aliphatic rings. The highest BCUT2D eigenvalue weighted by molar-refractivity contribution is 8.00. The molecule has 3 aliphatic heterocycles. The maximum absolute atomic E-state index is 14.4. The number of hydrogen-bond acceptors (Lipinski definition) is 7. The van der Waals surface area contributed by atoms with E-state index in [4.69, 9.17) is 10.00 Å². The monoisotopic (exact) mass is 584 g/mol. The topological polar surface area (TPSA) is 103 Å². The van der Waals surface area contributed by atoms with Crippen LogP contribution < -0.4 is 15.0 Å². The number of rotatable bonds is 7. The number of imide groups is 1. The number of nitriles is 1. The van der Waals surface area contributed by atoms with E-state index in [9.17, 15) is 18.8 Å². The molecule has 1 atom stereocenters. The van der Waals surface area contributed by atoms with Crippen LogP contribution in [0.4, 0.5) is 10.1 Å². The minimum atomic E-state index is -0.662. The van der Waals surface area contributed by atoms with E-state index >= 15 is 0 Å². The van der Waals surface area contributed by atoms with Crippen molar-refractivity contribution in [2.45, 2.75) is 55.0 Å². The molecule has 214 valence electrons. The normalized spacial score (nSPS) is 19.0. The van der Waals surface area contributed by atoms with E-state index in [1.54, 1.807) is 24.3 Å². The molecule has 0 radical (unpaired) electrons. The second kappa shape index (κ2) is 11.9. The summed E-state index contributed by atoms with van der Waals surface area (Å²) in [5, 5.41) is 11.7. The zero-order valence-electron chi connectivity index (χ0n) is 22.8. The first kappa shape index (κ1) is 27.8.